The van der Waals surface area contributed by atoms with E-state index in [2.05, 4.69) is 13.8 Å². The Morgan fingerprint density at radius 1 is 1.27 bits per heavy atom. The van der Waals surface area contributed by atoms with Gasteiger partial charge in [-0.3, -0.25) is 0 Å². The van der Waals surface area contributed by atoms with Gasteiger partial charge in [0.2, 0.25) is 0 Å². The van der Waals surface area contributed by atoms with Crippen molar-refractivity contribution in [2.75, 3.05) is 13.2 Å². The summed E-state index contributed by atoms with van der Waals surface area (Å²) in [6.07, 6.45) is 4.99. The highest BCUT2D eigenvalue weighted by molar-refractivity contribution is 4.83. The molecule has 64 valence electrons. The van der Waals surface area contributed by atoms with E-state index in [-0.39, 0.29) is 6.29 Å². The van der Waals surface area contributed by atoms with Crippen LogP contribution in [0.4, 0.5) is 0 Å². The van der Waals surface area contributed by atoms with Crippen molar-refractivity contribution in [1.82, 2.24) is 0 Å². The molecule has 0 fully saturated rings. The number of rotatable bonds is 2. The highest BCUT2D eigenvalue weighted by Crippen LogP contribution is 2.11. The van der Waals surface area contributed by atoms with Gasteiger partial charge in [0, 0.05) is 6.42 Å². The van der Waals surface area contributed by atoms with Crippen LogP contribution in [0.2, 0.25) is 0 Å². The fourth-order valence-electron chi connectivity index (χ4n) is 1.03. The summed E-state index contributed by atoms with van der Waals surface area (Å²) >= 11 is 0. The lowest BCUT2D eigenvalue weighted by atomic mass is 10.1. The van der Waals surface area contributed by atoms with E-state index in [0.29, 0.717) is 19.1 Å². The van der Waals surface area contributed by atoms with Crippen LogP contribution in [0.25, 0.3) is 0 Å². The van der Waals surface area contributed by atoms with Crippen molar-refractivity contribution in [3.8, 4) is 0 Å². The molecule has 0 atom stereocenters. The van der Waals surface area contributed by atoms with Crippen molar-refractivity contribution < 1.29 is 9.47 Å². The molecule has 1 aliphatic rings. The standard InChI is InChI=1S/C9H16O2/c1-8(2)7-9-10-5-3-4-6-11-9/h3-4,8-9H,5-7H2,1-2H3. The van der Waals surface area contributed by atoms with E-state index in [0.717, 1.165) is 6.42 Å². The summed E-state index contributed by atoms with van der Waals surface area (Å²) in [5.41, 5.74) is 0. The first-order valence-electron chi connectivity index (χ1n) is 4.17. The molecule has 0 aromatic carbocycles. The third-order valence-electron chi connectivity index (χ3n) is 1.59. The van der Waals surface area contributed by atoms with Crippen LogP contribution >= 0.6 is 0 Å². The van der Waals surface area contributed by atoms with Crippen molar-refractivity contribution in [2.24, 2.45) is 5.92 Å². The highest BCUT2D eigenvalue weighted by atomic mass is 16.7. The molecule has 0 aromatic heterocycles. The normalized spacial score (nSPS) is 20.6. The van der Waals surface area contributed by atoms with Crippen molar-refractivity contribution in [3.63, 3.8) is 0 Å². The maximum absolute atomic E-state index is 5.40. The Kier molecular flexibility index (Phi) is 3.60. The fourth-order valence-corrected chi connectivity index (χ4v) is 1.03. The largest absolute Gasteiger partial charge is 0.349 e. The van der Waals surface area contributed by atoms with Gasteiger partial charge in [-0.2, -0.15) is 0 Å². The van der Waals surface area contributed by atoms with Crippen LogP contribution in [0.1, 0.15) is 20.3 Å². The van der Waals surface area contributed by atoms with Crippen LogP contribution in [-0.4, -0.2) is 19.5 Å². The molecular formula is C9H16O2. The van der Waals surface area contributed by atoms with E-state index in [9.17, 15) is 0 Å². The zero-order valence-corrected chi connectivity index (χ0v) is 7.25. The van der Waals surface area contributed by atoms with Gasteiger partial charge in [0.1, 0.15) is 0 Å². The molecule has 1 heterocycles. The molecule has 1 rings (SSSR count). The van der Waals surface area contributed by atoms with Gasteiger partial charge in [-0.1, -0.05) is 26.0 Å². The second kappa shape index (κ2) is 4.52. The van der Waals surface area contributed by atoms with Crippen molar-refractivity contribution >= 4 is 0 Å². The average Bonchev–Trinajstić information content (AvgIpc) is 2.14. The number of ether oxygens (including phenoxy) is 2. The van der Waals surface area contributed by atoms with Crippen LogP contribution in [0.3, 0.4) is 0 Å². The van der Waals surface area contributed by atoms with Crippen LogP contribution in [0, 0.1) is 5.92 Å². The molecule has 0 radical (unpaired) electrons. The third kappa shape index (κ3) is 3.54. The summed E-state index contributed by atoms with van der Waals surface area (Å²) in [6, 6.07) is 0. The van der Waals surface area contributed by atoms with Gasteiger partial charge in [-0.05, 0) is 5.92 Å². The Hall–Kier alpha value is -0.340. The van der Waals surface area contributed by atoms with Gasteiger partial charge in [-0.15, -0.1) is 0 Å². The van der Waals surface area contributed by atoms with Gasteiger partial charge in [-0.25, -0.2) is 0 Å². The summed E-state index contributed by atoms with van der Waals surface area (Å²) in [5.74, 6) is 0.637. The lowest BCUT2D eigenvalue weighted by Gasteiger charge is -2.16. The third-order valence-corrected chi connectivity index (χ3v) is 1.59. The molecular weight excluding hydrogens is 140 g/mol. The second-order valence-electron chi connectivity index (χ2n) is 3.20. The molecule has 0 bridgehead atoms. The molecule has 2 heteroatoms. The SMILES string of the molecule is CC(C)CC1OCC=CCO1. The van der Waals surface area contributed by atoms with E-state index >= 15 is 0 Å². The van der Waals surface area contributed by atoms with E-state index in [1.54, 1.807) is 0 Å². The zero-order valence-electron chi connectivity index (χ0n) is 7.25. The second-order valence-corrected chi connectivity index (χ2v) is 3.20. The molecule has 0 aliphatic carbocycles. The van der Waals surface area contributed by atoms with Gasteiger partial charge in [0.05, 0.1) is 13.2 Å². The summed E-state index contributed by atoms with van der Waals surface area (Å²) in [4.78, 5) is 0. The van der Waals surface area contributed by atoms with Gasteiger partial charge >= 0.3 is 0 Å². The average molecular weight is 156 g/mol. The quantitative estimate of drug-likeness (QED) is 0.569. The molecule has 0 aromatic rings. The van der Waals surface area contributed by atoms with Crippen LogP contribution in [0.5, 0.6) is 0 Å². The van der Waals surface area contributed by atoms with Crippen LogP contribution in [0.15, 0.2) is 12.2 Å². The number of hydrogen-bond donors (Lipinski definition) is 0. The smallest absolute Gasteiger partial charge is 0.158 e. The van der Waals surface area contributed by atoms with Crippen molar-refractivity contribution in [3.05, 3.63) is 12.2 Å². The van der Waals surface area contributed by atoms with E-state index in [4.69, 9.17) is 9.47 Å². The van der Waals surface area contributed by atoms with Gasteiger partial charge in [0.25, 0.3) is 0 Å². The Morgan fingerprint density at radius 2 is 1.82 bits per heavy atom. The summed E-state index contributed by atoms with van der Waals surface area (Å²) in [7, 11) is 0. The maximum atomic E-state index is 5.40. The number of hydrogen-bond acceptors (Lipinski definition) is 2. The summed E-state index contributed by atoms with van der Waals surface area (Å²) < 4.78 is 10.8. The fraction of sp³-hybridized carbons (Fsp3) is 0.778. The van der Waals surface area contributed by atoms with Crippen molar-refractivity contribution in [2.45, 2.75) is 26.6 Å². The first kappa shape index (κ1) is 8.75. The van der Waals surface area contributed by atoms with E-state index < -0.39 is 0 Å². The van der Waals surface area contributed by atoms with Crippen molar-refractivity contribution in [1.29, 1.82) is 0 Å². The molecule has 0 unspecified atom stereocenters. The van der Waals surface area contributed by atoms with Gasteiger partial charge in [0.15, 0.2) is 6.29 Å². The molecule has 11 heavy (non-hydrogen) atoms. The Bertz CT molecular complexity index is 120. The molecule has 2 nitrogen and oxygen atoms in total. The molecule has 0 spiro atoms. The molecule has 0 N–H and O–H groups in total. The van der Waals surface area contributed by atoms with Crippen LogP contribution in [-0.2, 0) is 9.47 Å². The summed E-state index contributed by atoms with van der Waals surface area (Å²) in [6.45, 7) is 5.73. The minimum Gasteiger partial charge on any atom is -0.349 e. The predicted molar refractivity (Wildman–Crippen MR) is 44.3 cm³/mol. The lowest BCUT2D eigenvalue weighted by molar-refractivity contribution is -0.130. The topological polar surface area (TPSA) is 18.5 Å². The molecule has 0 saturated heterocycles. The minimum absolute atomic E-state index is 0.00463. The highest BCUT2D eigenvalue weighted by Gasteiger charge is 2.11. The first-order chi connectivity index (χ1) is 5.29. The first-order valence-corrected chi connectivity index (χ1v) is 4.17. The minimum atomic E-state index is 0.00463. The Morgan fingerprint density at radius 3 is 2.27 bits per heavy atom. The lowest BCUT2D eigenvalue weighted by Crippen LogP contribution is -2.18. The monoisotopic (exact) mass is 156 g/mol. The predicted octanol–water partition coefficient (Wildman–Crippen LogP) is 1.96. The van der Waals surface area contributed by atoms with Gasteiger partial charge < -0.3 is 9.47 Å². The zero-order chi connectivity index (χ0) is 8.10. The summed E-state index contributed by atoms with van der Waals surface area (Å²) in [5, 5.41) is 0. The Labute approximate surface area is 68.2 Å². The van der Waals surface area contributed by atoms with E-state index in [1.165, 1.54) is 0 Å². The van der Waals surface area contributed by atoms with Crippen LogP contribution < -0.4 is 0 Å². The molecule has 1 aliphatic heterocycles. The molecule has 0 saturated carbocycles. The Balaban J connectivity index is 2.23. The maximum Gasteiger partial charge on any atom is 0.158 e. The molecule has 0 amide bonds. The van der Waals surface area contributed by atoms with E-state index in [1.807, 2.05) is 12.2 Å².